The van der Waals surface area contributed by atoms with Gasteiger partial charge in [-0.1, -0.05) is 6.07 Å². The zero-order valence-corrected chi connectivity index (χ0v) is 13.4. The molecule has 1 saturated heterocycles. The van der Waals surface area contributed by atoms with E-state index in [0.29, 0.717) is 25.8 Å². The Hall–Kier alpha value is -1.11. The first-order valence-corrected chi connectivity index (χ1v) is 8.07. The Kier molecular flexibility index (Phi) is 6.44. The van der Waals surface area contributed by atoms with E-state index in [1.165, 1.54) is 13.2 Å². The van der Waals surface area contributed by atoms with Crippen molar-refractivity contribution in [3.05, 3.63) is 35.1 Å². The lowest BCUT2D eigenvalue weighted by atomic mass is 9.74. The number of piperidine rings is 1. The fourth-order valence-corrected chi connectivity index (χ4v) is 3.54. The van der Waals surface area contributed by atoms with Crippen LogP contribution in [-0.2, 0) is 10.3 Å². The number of hydrogen-bond acceptors (Lipinski definition) is 3. The second kappa shape index (κ2) is 8.13. The molecule has 2 rings (SSSR count). The molecular formula is C17H24F3NO2. The van der Waals surface area contributed by atoms with E-state index in [1.807, 2.05) is 0 Å². The third kappa shape index (κ3) is 3.70. The summed E-state index contributed by atoms with van der Waals surface area (Å²) in [5, 5.41) is 12.3. The van der Waals surface area contributed by atoms with Crippen LogP contribution in [0, 0.1) is 23.4 Å². The predicted molar refractivity (Wildman–Crippen MR) is 81.5 cm³/mol. The lowest BCUT2D eigenvalue weighted by Crippen LogP contribution is -2.46. The number of benzene rings is 1. The Morgan fingerprint density at radius 3 is 2.65 bits per heavy atom. The summed E-state index contributed by atoms with van der Waals surface area (Å²) in [5.41, 5.74) is -0.966. The molecule has 2 atom stereocenters. The second-order valence-electron chi connectivity index (χ2n) is 6.04. The average molecular weight is 331 g/mol. The van der Waals surface area contributed by atoms with Crippen LogP contribution in [0.5, 0.6) is 0 Å². The fourth-order valence-electron chi connectivity index (χ4n) is 3.54. The Labute approximate surface area is 134 Å². The van der Waals surface area contributed by atoms with E-state index in [9.17, 15) is 13.2 Å². The smallest absolute Gasteiger partial charge is 0.194 e. The largest absolute Gasteiger partial charge is 0.396 e. The van der Waals surface area contributed by atoms with E-state index in [1.54, 1.807) is 0 Å². The topological polar surface area (TPSA) is 41.5 Å². The first-order chi connectivity index (χ1) is 11.1. The molecule has 3 nitrogen and oxygen atoms in total. The van der Waals surface area contributed by atoms with Gasteiger partial charge in [0.1, 0.15) is 0 Å². The van der Waals surface area contributed by atoms with Crippen molar-refractivity contribution in [2.45, 2.75) is 37.7 Å². The molecule has 6 heteroatoms. The molecule has 1 heterocycles. The summed E-state index contributed by atoms with van der Waals surface area (Å²) in [4.78, 5) is 0. The monoisotopic (exact) mass is 331 g/mol. The Balaban J connectivity index is 2.44. The van der Waals surface area contributed by atoms with Crippen LogP contribution in [0.1, 0.15) is 37.7 Å². The van der Waals surface area contributed by atoms with Crippen molar-refractivity contribution in [1.82, 2.24) is 5.32 Å². The van der Waals surface area contributed by atoms with Crippen molar-refractivity contribution in [2.24, 2.45) is 5.92 Å². The van der Waals surface area contributed by atoms with E-state index in [0.717, 1.165) is 25.5 Å². The van der Waals surface area contributed by atoms with Crippen LogP contribution < -0.4 is 5.32 Å². The first kappa shape index (κ1) is 18.2. The van der Waals surface area contributed by atoms with E-state index in [-0.39, 0.29) is 18.1 Å². The van der Waals surface area contributed by atoms with Gasteiger partial charge in [-0.05, 0) is 44.7 Å². The van der Waals surface area contributed by atoms with Gasteiger partial charge in [0, 0.05) is 31.7 Å². The summed E-state index contributed by atoms with van der Waals surface area (Å²) in [6.07, 6.45) is 3.34. The van der Waals surface area contributed by atoms with Crippen LogP contribution in [-0.4, -0.2) is 31.9 Å². The van der Waals surface area contributed by atoms with Crippen molar-refractivity contribution in [2.75, 3.05) is 26.8 Å². The number of methoxy groups -OCH3 is 1. The van der Waals surface area contributed by atoms with Gasteiger partial charge in [-0.2, -0.15) is 0 Å². The first-order valence-electron chi connectivity index (χ1n) is 8.07. The number of unbranched alkanes of at least 4 members (excludes halogenated alkanes) is 1. The third-order valence-electron chi connectivity index (χ3n) is 4.77. The fraction of sp³-hybridized carbons (Fsp3) is 0.647. The molecule has 0 bridgehead atoms. The predicted octanol–water partition coefficient (Wildman–Crippen LogP) is 3.11. The number of aliphatic hydroxyl groups excluding tert-OH is 1. The number of ether oxygens (including phenoxy) is 1. The lowest BCUT2D eigenvalue weighted by molar-refractivity contribution is -0.0825. The average Bonchev–Trinajstić information content (AvgIpc) is 2.58. The highest BCUT2D eigenvalue weighted by molar-refractivity contribution is 5.28. The third-order valence-corrected chi connectivity index (χ3v) is 4.77. The summed E-state index contributed by atoms with van der Waals surface area (Å²) in [6, 6.07) is 2.23. The minimum absolute atomic E-state index is 0.0307. The molecule has 1 fully saturated rings. The minimum Gasteiger partial charge on any atom is -0.396 e. The molecule has 0 saturated carbocycles. The van der Waals surface area contributed by atoms with Gasteiger partial charge in [0.2, 0.25) is 0 Å². The summed E-state index contributed by atoms with van der Waals surface area (Å²) < 4.78 is 47.2. The molecule has 2 N–H and O–H groups in total. The Morgan fingerprint density at radius 2 is 2.04 bits per heavy atom. The maximum atomic E-state index is 14.4. The summed E-state index contributed by atoms with van der Waals surface area (Å²) in [5.74, 6) is -3.89. The molecule has 1 aliphatic heterocycles. The molecule has 0 aliphatic carbocycles. The van der Waals surface area contributed by atoms with Crippen molar-refractivity contribution >= 4 is 0 Å². The maximum absolute atomic E-state index is 14.4. The van der Waals surface area contributed by atoms with Crippen LogP contribution in [0.2, 0.25) is 0 Å². The molecule has 0 aromatic heterocycles. The number of halogens is 3. The molecule has 1 aliphatic rings. The summed E-state index contributed by atoms with van der Waals surface area (Å²) in [7, 11) is 1.48. The molecule has 130 valence electrons. The van der Waals surface area contributed by atoms with Gasteiger partial charge in [-0.15, -0.1) is 0 Å². The van der Waals surface area contributed by atoms with Crippen molar-refractivity contribution < 1.29 is 23.0 Å². The number of nitrogens with one attached hydrogen (secondary N) is 1. The molecule has 0 unspecified atom stereocenters. The second-order valence-corrected chi connectivity index (χ2v) is 6.04. The van der Waals surface area contributed by atoms with Gasteiger partial charge >= 0.3 is 0 Å². The van der Waals surface area contributed by atoms with Crippen LogP contribution in [0.4, 0.5) is 13.2 Å². The highest BCUT2D eigenvalue weighted by Gasteiger charge is 2.43. The molecule has 0 radical (unpaired) electrons. The van der Waals surface area contributed by atoms with Gasteiger partial charge in [0.15, 0.2) is 17.5 Å². The van der Waals surface area contributed by atoms with Crippen molar-refractivity contribution in [3.63, 3.8) is 0 Å². The van der Waals surface area contributed by atoms with Crippen LogP contribution >= 0.6 is 0 Å². The molecule has 23 heavy (non-hydrogen) atoms. The van der Waals surface area contributed by atoms with Crippen LogP contribution in [0.25, 0.3) is 0 Å². The van der Waals surface area contributed by atoms with Crippen molar-refractivity contribution in [1.29, 1.82) is 0 Å². The standard InChI is InChI=1S/C17H24F3NO2/c1-23-17(8-2-3-10-22,12-5-4-9-21-11-12)13-6-7-14(18)16(20)15(13)19/h6-7,12,21-22H,2-5,8-11H2,1H3/t12-,17+/m1/s1. The van der Waals surface area contributed by atoms with E-state index >= 15 is 0 Å². The normalized spacial score (nSPS) is 21.2. The Bertz CT molecular complexity index is 521. The van der Waals surface area contributed by atoms with E-state index < -0.39 is 23.1 Å². The van der Waals surface area contributed by atoms with Crippen LogP contribution in [0.3, 0.4) is 0 Å². The maximum Gasteiger partial charge on any atom is 0.194 e. The van der Waals surface area contributed by atoms with E-state index in [4.69, 9.17) is 9.84 Å². The van der Waals surface area contributed by atoms with E-state index in [2.05, 4.69) is 5.32 Å². The quantitative estimate of drug-likeness (QED) is 0.596. The summed E-state index contributed by atoms with van der Waals surface area (Å²) >= 11 is 0. The number of hydrogen-bond donors (Lipinski definition) is 2. The van der Waals surface area contributed by atoms with Gasteiger partial charge in [-0.25, -0.2) is 13.2 Å². The van der Waals surface area contributed by atoms with Gasteiger partial charge in [-0.3, -0.25) is 0 Å². The SMILES string of the molecule is CO[C@](CCCCO)(c1ccc(F)c(F)c1F)[C@@H]1CCCNC1. The molecule has 0 amide bonds. The number of aliphatic hydroxyl groups is 1. The van der Waals surface area contributed by atoms with Gasteiger partial charge in [0.05, 0.1) is 5.60 Å². The Morgan fingerprint density at radius 1 is 1.26 bits per heavy atom. The molecule has 1 aromatic rings. The summed E-state index contributed by atoms with van der Waals surface area (Å²) in [6.45, 7) is 1.54. The van der Waals surface area contributed by atoms with Crippen molar-refractivity contribution in [3.8, 4) is 0 Å². The number of rotatable bonds is 7. The molecule has 1 aromatic carbocycles. The minimum atomic E-state index is -1.46. The highest BCUT2D eigenvalue weighted by atomic mass is 19.2. The van der Waals surface area contributed by atoms with Gasteiger partial charge in [0.25, 0.3) is 0 Å². The highest BCUT2D eigenvalue weighted by Crippen LogP contribution is 2.43. The van der Waals surface area contributed by atoms with Gasteiger partial charge < -0.3 is 15.2 Å². The lowest BCUT2D eigenvalue weighted by Gasteiger charge is -2.42. The molecular weight excluding hydrogens is 307 g/mol. The molecule has 0 spiro atoms. The zero-order valence-electron chi connectivity index (χ0n) is 13.4. The zero-order chi connectivity index (χ0) is 16.9. The van der Waals surface area contributed by atoms with Crippen LogP contribution in [0.15, 0.2) is 12.1 Å².